The van der Waals surface area contributed by atoms with Gasteiger partial charge in [-0.15, -0.1) is 0 Å². The van der Waals surface area contributed by atoms with Crippen LogP contribution in [0.3, 0.4) is 0 Å². The van der Waals surface area contributed by atoms with Crippen molar-refractivity contribution < 1.29 is 23.9 Å². The van der Waals surface area contributed by atoms with Crippen molar-refractivity contribution in [1.82, 2.24) is 9.80 Å². The Bertz CT molecular complexity index is 596. The Kier molecular flexibility index (Phi) is 4.18. The number of hydrogen-bond acceptors (Lipinski definition) is 5. The molecule has 1 aromatic rings. The summed E-state index contributed by atoms with van der Waals surface area (Å²) >= 11 is 0. The van der Waals surface area contributed by atoms with Gasteiger partial charge in [-0.3, -0.25) is 9.59 Å². The number of para-hydroxylation sites is 1. The van der Waals surface area contributed by atoms with Gasteiger partial charge in [-0.1, -0.05) is 18.2 Å². The molecule has 1 atom stereocenters. The predicted octanol–water partition coefficient (Wildman–Crippen LogP) is 0.891. The Morgan fingerprint density at radius 3 is 2.61 bits per heavy atom. The van der Waals surface area contributed by atoms with Crippen LogP contribution >= 0.6 is 0 Å². The van der Waals surface area contributed by atoms with E-state index >= 15 is 0 Å². The molecule has 0 aliphatic carbocycles. The normalized spacial score (nSPS) is 19.3. The molecular weight excluding hydrogens is 300 g/mol. The maximum Gasteiger partial charge on any atom is 0.417 e. The molecule has 0 unspecified atom stereocenters. The number of carbonyl (C=O) groups is 3. The first kappa shape index (κ1) is 15.3. The fourth-order valence-electron chi connectivity index (χ4n) is 2.69. The molecule has 2 heterocycles. The number of rotatable bonds is 5. The average molecular weight is 318 g/mol. The molecule has 3 amide bonds. The monoisotopic (exact) mass is 318 g/mol. The van der Waals surface area contributed by atoms with Gasteiger partial charge in [-0.2, -0.15) is 0 Å². The molecule has 0 N–H and O–H groups in total. The fourth-order valence-corrected chi connectivity index (χ4v) is 2.69. The number of amides is 3. The standard InChI is InChI=1S/C16H18N2O5/c1-11(23-13-5-3-2-4-6-13)15(20)17-7-12(8-17)9-18-14(19)10-22-16(18)21/h2-6,11-12H,7-10H2,1H3/t11-/m1/s1. The first-order valence-corrected chi connectivity index (χ1v) is 7.52. The topological polar surface area (TPSA) is 76.2 Å². The molecule has 7 heteroatoms. The summed E-state index contributed by atoms with van der Waals surface area (Å²) in [5.74, 6) is 0.328. The Morgan fingerprint density at radius 1 is 1.30 bits per heavy atom. The molecule has 2 saturated heterocycles. The molecule has 0 bridgehead atoms. The highest BCUT2D eigenvalue weighted by molar-refractivity contribution is 5.97. The lowest BCUT2D eigenvalue weighted by molar-refractivity contribution is -0.145. The minimum Gasteiger partial charge on any atom is -0.481 e. The Balaban J connectivity index is 1.46. The zero-order valence-corrected chi connectivity index (χ0v) is 12.8. The van der Waals surface area contributed by atoms with Gasteiger partial charge in [-0.05, 0) is 19.1 Å². The molecule has 2 aliphatic heterocycles. The van der Waals surface area contributed by atoms with Crippen molar-refractivity contribution in [3.05, 3.63) is 30.3 Å². The van der Waals surface area contributed by atoms with Crippen molar-refractivity contribution in [3.63, 3.8) is 0 Å². The van der Waals surface area contributed by atoms with E-state index < -0.39 is 12.2 Å². The summed E-state index contributed by atoms with van der Waals surface area (Å²) in [6.45, 7) is 2.85. The van der Waals surface area contributed by atoms with Gasteiger partial charge in [-0.25, -0.2) is 9.69 Å². The zero-order chi connectivity index (χ0) is 16.4. The minimum absolute atomic E-state index is 0.0949. The predicted molar refractivity (Wildman–Crippen MR) is 79.7 cm³/mol. The fraction of sp³-hybridized carbons (Fsp3) is 0.438. The third-order valence-corrected chi connectivity index (χ3v) is 3.95. The van der Waals surface area contributed by atoms with Crippen molar-refractivity contribution in [1.29, 1.82) is 0 Å². The molecule has 122 valence electrons. The molecule has 7 nitrogen and oxygen atoms in total. The first-order valence-electron chi connectivity index (χ1n) is 7.52. The summed E-state index contributed by atoms with van der Waals surface area (Å²) in [6, 6.07) is 9.17. The SMILES string of the molecule is C[C@@H](Oc1ccccc1)C(=O)N1CC(CN2C(=O)COC2=O)C1. The summed E-state index contributed by atoms with van der Waals surface area (Å²) in [5, 5.41) is 0. The van der Waals surface area contributed by atoms with Crippen molar-refractivity contribution >= 4 is 17.9 Å². The van der Waals surface area contributed by atoms with Crippen LogP contribution in [0.15, 0.2) is 30.3 Å². The second kappa shape index (κ2) is 6.28. The number of cyclic esters (lactones) is 1. The van der Waals surface area contributed by atoms with Gasteiger partial charge in [0.15, 0.2) is 12.7 Å². The third kappa shape index (κ3) is 3.28. The van der Waals surface area contributed by atoms with E-state index in [9.17, 15) is 14.4 Å². The van der Waals surface area contributed by atoms with Crippen LogP contribution in [-0.2, 0) is 14.3 Å². The number of likely N-dealkylation sites (tertiary alicyclic amines) is 1. The lowest BCUT2D eigenvalue weighted by atomic mass is 9.99. The molecular formula is C16H18N2O5. The summed E-state index contributed by atoms with van der Waals surface area (Å²) < 4.78 is 10.3. The van der Waals surface area contributed by atoms with Crippen LogP contribution in [0.1, 0.15) is 6.92 Å². The molecule has 0 radical (unpaired) electrons. The van der Waals surface area contributed by atoms with Crippen molar-refractivity contribution in [2.24, 2.45) is 5.92 Å². The summed E-state index contributed by atoms with van der Waals surface area (Å²) in [4.78, 5) is 37.9. The van der Waals surface area contributed by atoms with Crippen LogP contribution in [0.5, 0.6) is 5.75 Å². The van der Waals surface area contributed by atoms with Crippen molar-refractivity contribution in [2.75, 3.05) is 26.2 Å². The molecule has 0 aromatic heterocycles. The van der Waals surface area contributed by atoms with E-state index in [1.165, 1.54) is 0 Å². The first-order chi connectivity index (χ1) is 11.0. The molecule has 2 aliphatic rings. The number of carbonyl (C=O) groups excluding carboxylic acids is 3. The van der Waals surface area contributed by atoms with Crippen LogP contribution in [0.2, 0.25) is 0 Å². The molecule has 0 spiro atoms. The average Bonchev–Trinajstić information content (AvgIpc) is 2.82. The Morgan fingerprint density at radius 2 is 2.00 bits per heavy atom. The van der Waals surface area contributed by atoms with E-state index in [-0.39, 0.29) is 24.3 Å². The second-order valence-electron chi connectivity index (χ2n) is 5.74. The van der Waals surface area contributed by atoms with Gasteiger partial charge in [0.25, 0.3) is 11.8 Å². The van der Waals surface area contributed by atoms with E-state index in [1.54, 1.807) is 24.0 Å². The molecule has 0 saturated carbocycles. The van der Waals surface area contributed by atoms with E-state index in [2.05, 4.69) is 4.74 Å². The van der Waals surface area contributed by atoms with Crippen molar-refractivity contribution in [3.8, 4) is 5.75 Å². The van der Waals surface area contributed by atoms with Gasteiger partial charge < -0.3 is 14.4 Å². The van der Waals surface area contributed by atoms with E-state index in [0.717, 1.165) is 4.90 Å². The molecule has 3 rings (SSSR count). The minimum atomic E-state index is -0.597. The summed E-state index contributed by atoms with van der Waals surface area (Å²) in [6.07, 6.45) is -1.17. The number of ether oxygens (including phenoxy) is 2. The number of hydrogen-bond donors (Lipinski definition) is 0. The van der Waals surface area contributed by atoms with Crippen LogP contribution in [0.4, 0.5) is 4.79 Å². The third-order valence-electron chi connectivity index (χ3n) is 3.95. The largest absolute Gasteiger partial charge is 0.481 e. The van der Waals surface area contributed by atoms with Gasteiger partial charge in [0.05, 0.1) is 0 Å². The number of benzene rings is 1. The van der Waals surface area contributed by atoms with Crippen LogP contribution < -0.4 is 4.74 Å². The van der Waals surface area contributed by atoms with E-state index in [1.807, 2.05) is 18.2 Å². The van der Waals surface area contributed by atoms with Gasteiger partial charge in [0, 0.05) is 25.6 Å². The van der Waals surface area contributed by atoms with E-state index in [4.69, 9.17) is 4.74 Å². The van der Waals surface area contributed by atoms with Crippen LogP contribution in [0.25, 0.3) is 0 Å². The highest BCUT2D eigenvalue weighted by Gasteiger charge is 2.39. The smallest absolute Gasteiger partial charge is 0.417 e. The maximum atomic E-state index is 12.3. The Hall–Kier alpha value is -2.57. The summed E-state index contributed by atoms with van der Waals surface area (Å²) in [5.41, 5.74) is 0. The van der Waals surface area contributed by atoms with Crippen molar-refractivity contribution in [2.45, 2.75) is 13.0 Å². The van der Waals surface area contributed by atoms with Gasteiger partial charge in [0.1, 0.15) is 5.75 Å². The lowest BCUT2D eigenvalue weighted by Gasteiger charge is -2.41. The molecule has 23 heavy (non-hydrogen) atoms. The lowest BCUT2D eigenvalue weighted by Crippen LogP contribution is -2.57. The van der Waals surface area contributed by atoms with Crippen LogP contribution in [-0.4, -0.2) is 60.1 Å². The van der Waals surface area contributed by atoms with Crippen LogP contribution in [0, 0.1) is 5.92 Å². The number of imide groups is 1. The van der Waals surface area contributed by atoms with E-state index in [0.29, 0.717) is 25.4 Å². The Labute approximate surface area is 133 Å². The molecule has 1 aromatic carbocycles. The maximum absolute atomic E-state index is 12.3. The van der Waals surface area contributed by atoms with Gasteiger partial charge >= 0.3 is 6.09 Å². The number of nitrogens with zero attached hydrogens (tertiary/aromatic N) is 2. The zero-order valence-electron chi connectivity index (χ0n) is 12.8. The van der Waals surface area contributed by atoms with Gasteiger partial charge in [0.2, 0.25) is 0 Å². The summed E-state index contributed by atoms with van der Waals surface area (Å²) in [7, 11) is 0. The quantitative estimate of drug-likeness (QED) is 0.806. The molecule has 2 fully saturated rings. The second-order valence-corrected chi connectivity index (χ2v) is 5.74. The highest BCUT2D eigenvalue weighted by atomic mass is 16.6. The highest BCUT2D eigenvalue weighted by Crippen LogP contribution is 2.21.